The minimum Gasteiger partial charge on any atom is -0.289 e. The van der Waals surface area contributed by atoms with Gasteiger partial charge in [-0.1, -0.05) is 12.1 Å². The van der Waals surface area contributed by atoms with Crippen LogP contribution < -0.4 is 0 Å². The van der Waals surface area contributed by atoms with E-state index in [1.54, 1.807) is 36.7 Å². The average molecular weight is 267 g/mol. The SMILES string of the molecule is O=C(c1ccc(F)cc1)c1ccccc1-n1nccn1. The van der Waals surface area contributed by atoms with Crippen LogP contribution in [0.3, 0.4) is 0 Å². The van der Waals surface area contributed by atoms with E-state index in [1.165, 1.54) is 29.1 Å². The number of nitrogens with zero attached hydrogens (tertiary/aromatic N) is 3. The first-order valence-corrected chi connectivity index (χ1v) is 6.02. The third-order valence-electron chi connectivity index (χ3n) is 2.89. The van der Waals surface area contributed by atoms with Crippen molar-refractivity contribution in [3.8, 4) is 5.69 Å². The van der Waals surface area contributed by atoms with Gasteiger partial charge in [0.15, 0.2) is 5.78 Å². The van der Waals surface area contributed by atoms with Crippen LogP contribution in [0.4, 0.5) is 4.39 Å². The normalized spacial score (nSPS) is 10.4. The molecule has 0 saturated carbocycles. The number of hydrogen-bond donors (Lipinski definition) is 0. The second kappa shape index (κ2) is 5.05. The molecule has 1 aromatic heterocycles. The lowest BCUT2D eigenvalue weighted by atomic mass is 10.0. The fraction of sp³-hybridized carbons (Fsp3) is 0. The van der Waals surface area contributed by atoms with Crippen LogP contribution in [-0.2, 0) is 0 Å². The number of ketones is 1. The Bertz CT molecular complexity index is 736. The van der Waals surface area contributed by atoms with Crippen LogP contribution >= 0.6 is 0 Å². The van der Waals surface area contributed by atoms with E-state index < -0.39 is 0 Å². The molecule has 0 unspecified atom stereocenters. The van der Waals surface area contributed by atoms with Crippen molar-refractivity contribution in [3.63, 3.8) is 0 Å². The summed E-state index contributed by atoms with van der Waals surface area (Å²) in [6.45, 7) is 0. The Morgan fingerprint density at radius 1 is 0.950 bits per heavy atom. The minimum absolute atomic E-state index is 0.196. The number of carbonyl (C=O) groups is 1. The quantitative estimate of drug-likeness (QED) is 0.685. The summed E-state index contributed by atoms with van der Waals surface area (Å²) in [7, 11) is 0. The van der Waals surface area contributed by atoms with E-state index in [0.717, 1.165) is 0 Å². The maximum absolute atomic E-state index is 12.9. The fourth-order valence-electron chi connectivity index (χ4n) is 1.94. The molecule has 20 heavy (non-hydrogen) atoms. The topological polar surface area (TPSA) is 47.8 Å². The zero-order valence-corrected chi connectivity index (χ0v) is 10.4. The Hall–Kier alpha value is -2.82. The first-order chi connectivity index (χ1) is 9.75. The highest BCUT2D eigenvalue weighted by Crippen LogP contribution is 2.17. The number of benzene rings is 2. The molecular weight excluding hydrogens is 257 g/mol. The third kappa shape index (κ3) is 2.21. The predicted octanol–water partition coefficient (Wildman–Crippen LogP) is 2.64. The van der Waals surface area contributed by atoms with E-state index in [0.29, 0.717) is 16.8 Å². The largest absolute Gasteiger partial charge is 0.289 e. The minimum atomic E-state index is -0.372. The summed E-state index contributed by atoms with van der Waals surface area (Å²) < 4.78 is 12.9. The molecule has 2 aromatic carbocycles. The molecule has 0 atom stereocenters. The number of rotatable bonds is 3. The number of para-hydroxylation sites is 1. The first kappa shape index (κ1) is 12.2. The van der Waals surface area contributed by atoms with Crippen molar-refractivity contribution in [2.45, 2.75) is 0 Å². The second-order valence-electron chi connectivity index (χ2n) is 4.17. The maximum Gasteiger partial charge on any atom is 0.195 e. The van der Waals surface area contributed by atoms with Gasteiger partial charge in [0.05, 0.1) is 23.6 Å². The molecule has 0 aliphatic rings. The molecule has 3 aromatic rings. The summed E-state index contributed by atoms with van der Waals surface area (Å²) in [4.78, 5) is 13.9. The predicted molar refractivity (Wildman–Crippen MR) is 71.2 cm³/mol. The van der Waals surface area contributed by atoms with Crippen LogP contribution in [0.15, 0.2) is 60.9 Å². The Kier molecular flexibility index (Phi) is 3.09. The van der Waals surface area contributed by atoms with Crippen LogP contribution in [0.25, 0.3) is 5.69 Å². The number of aromatic nitrogens is 3. The van der Waals surface area contributed by atoms with Crippen LogP contribution in [-0.4, -0.2) is 20.8 Å². The van der Waals surface area contributed by atoms with Crippen LogP contribution in [0.2, 0.25) is 0 Å². The van der Waals surface area contributed by atoms with Gasteiger partial charge in [-0.25, -0.2) is 4.39 Å². The number of carbonyl (C=O) groups excluding carboxylic acids is 1. The lowest BCUT2D eigenvalue weighted by Crippen LogP contribution is -2.09. The van der Waals surface area contributed by atoms with Crippen molar-refractivity contribution in [2.24, 2.45) is 0 Å². The van der Waals surface area contributed by atoms with Gasteiger partial charge in [0.25, 0.3) is 0 Å². The highest BCUT2D eigenvalue weighted by molar-refractivity contribution is 6.11. The Morgan fingerprint density at radius 3 is 2.30 bits per heavy atom. The van der Waals surface area contributed by atoms with Gasteiger partial charge in [-0.2, -0.15) is 15.0 Å². The van der Waals surface area contributed by atoms with Gasteiger partial charge >= 0.3 is 0 Å². The molecule has 0 N–H and O–H groups in total. The van der Waals surface area contributed by atoms with Crippen molar-refractivity contribution in [2.75, 3.05) is 0 Å². The molecule has 0 fully saturated rings. The van der Waals surface area contributed by atoms with Gasteiger partial charge in [-0.3, -0.25) is 4.79 Å². The molecule has 0 aliphatic heterocycles. The highest BCUT2D eigenvalue weighted by Gasteiger charge is 2.15. The Labute approximate surface area is 114 Å². The van der Waals surface area contributed by atoms with Crippen molar-refractivity contribution >= 4 is 5.78 Å². The number of halogens is 1. The van der Waals surface area contributed by atoms with E-state index in [4.69, 9.17) is 0 Å². The molecule has 5 heteroatoms. The van der Waals surface area contributed by atoms with Crippen LogP contribution in [0.1, 0.15) is 15.9 Å². The van der Waals surface area contributed by atoms with E-state index >= 15 is 0 Å². The molecule has 0 aliphatic carbocycles. The third-order valence-corrected chi connectivity index (χ3v) is 2.89. The molecule has 0 amide bonds. The van der Waals surface area contributed by atoms with Crippen molar-refractivity contribution in [3.05, 3.63) is 77.9 Å². The van der Waals surface area contributed by atoms with Gasteiger partial charge < -0.3 is 0 Å². The smallest absolute Gasteiger partial charge is 0.195 e. The molecule has 98 valence electrons. The van der Waals surface area contributed by atoms with Gasteiger partial charge in [0.2, 0.25) is 0 Å². The van der Waals surface area contributed by atoms with Gasteiger partial charge in [0.1, 0.15) is 5.82 Å². The summed E-state index contributed by atoms with van der Waals surface area (Å²) in [6, 6.07) is 12.5. The monoisotopic (exact) mass is 267 g/mol. The summed E-state index contributed by atoms with van der Waals surface area (Å²) in [5, 5.41) is 8.06. The summed E-state index contributed by atoms with van der Waals surface area (Å²) in [6.07, 6.45) is 3.08. The zero-order valence-electron chi connectivity index (χ0n) is 10.4. The number of hydrogen-bond acceptors (Lipinski definition) is 3. The van der Waals surface area contributed by atoms with Crippen LogP contribution in [0.5, 0.6) is 0 Å². The molecule has 0 radical (unpaired) electrons. The van der Waals surface area contributed by atoms with Crippen molar-refractivity contribution in [1.82, 2.24) is 15.0 Å². The molecule has 0 bridgehead atoms. The van der Waals surface area contributed by atoms with Crippen LogP contribution in [0, 0.1) is 5.82 Å². The van der Waals surface area contributed by atoms with E-state index in [1.807, 2.05) is 0 Å². The summed E-state index contributed by atoms with van der Waals surface area (Å²) in [5.41, 5.74) is 1.48. The van der Waals surface area contributed by atoms with E-state index in [9.17, 15) is 9.18 Å². The molecule has 0 saturated heterocycles. The van der Waals surface area contributed by atoms with Gasteiger partial charge in [-0.15, -0.1) is 0 Å². The van der Waals surface area contributed by atoms with E-state index in [2.05, 4.69) is 10.2 Å². The molecular formula is C15H10FN3O. The summed E-state index contributed by atoms with van der Waals surface area (Å²) in [5.74, 6) is -0.568. The first-order valence-electron chi connectivity index (χ1n) is 6.02. The second-order valence-corrected chi connectivity index (χ2v) is 4.17. The molecule has 3 rings (SSSR count). The fourth-order valence-corrected chi connectivity index (χ4v) is 1.94. The van der Waals surface area contributed by atoms with Crippen molar-refractivity contribution in [1.29, 1.82) is 0 Å². The lowest BCUT2D eigenvalue weighted by Gasteiger charge is -2.07. The van der Waals surface area contributed by atoms with Gasteiger partial charge in [0, 0.05) is 5.56 Å². The van der Waals surface area contributed by atoms with Crippen molar-refractivity contribution < 1.29 is 9.18 Å². The average Bonchev–Trinajstić information content (AvgIpc) is 3.01. The standard InChI is InChI=1S/C15H10FN3O/c16-12-7-5-11(6-8-12)15(20)13-3-1-2-4-14(13)19-17-9-10-18-19/h1-10H. The highest BCUT2D eigenvalue weighted by atomic mass is 19.1. The molecule has 1 heterocycles. The summed E-state index contributed by atoms with van der Waals surface area (Å²) >= 11 is 0. The zero-order chi connectivity index (χ0) is 13.9. The molecule has 0 spiro atoms. The Morgan fingerprint density at radius 2 is 1.60 bits per heavy atom. The Balaban J connectivity index is 2.06. The molecule has 4 nitrogen and oxygen atoms in total. The van der Waals surface area contributed by atoms with E-state index in [-0.39, 0.29) is 11.6 Å². The maximum atomic E-state index is 12.9. The van der Waals surface area contributed by atoms with Gasteiger partial charge in [-0.05, 0) is 36.4 Å². The lowest BCUT2D eigenvalue weighted by molar-refractivity contribution is 0.103.